The molecule has 3 saturated heterocycles. The number of rotatable bonds is 2. The molecule has 3 aliphatic heterocycles. The van der Waals surface area contributed by atoms with Crippen molar-refractivity contribution in [2.75, 3.05) is 18.4 Å². The highest BCUT2D eigenvalue weighted by Crippen LogP contribution is 2.32. The van der Waals surface area contributed by atoms with Crippen molar-refractivity contribution in [2.24, 2.45) is 5.92 Å². The van der Waals surface area contributed by atoms with Gasteiger partial charge in [-0.25, -0.2) is 0 Å². The lowest BCUT2D eigenvalue weighted by atomic mass is 9.83. The summed E-state index contributed by atoms with van der Waals surface area (Å²) in [7, 11) is 0. The summed E-state index contributed by atoms with van der Waals surface area (Å²) < 4.78 is 0. The van der Waals surface area contributed by atoms with Gasteiger partial charge in [0.2, 0.25) is 5.91 Å². The fourth-order valence-electron chi connectivity index (χ4n) is 3.51. The van der Waals surface area contributed by atoms with Crippen molar-refractivity contribution >= 4 is 24.0 Å². The minimum Gasteiger partial charge on any atom is -0.325 e. The van der Waals surface area contributed by atoms with Crippen molar-refractivity contribution in [3.8, 4) is 0 Å². The second kappa shape index (κ2) is 6.15. The third kappa shape index (κ3) is 3.15. The molecule has 0 spiro atoms. The Bertz CT molecular complexity index is 475. The van der Waals surface area contributed by atoms with Crippen LogP contribution in [0.4, 0.5) is 5.69 Å². The number of carbonyl (C=O) groups excluding carboxylic acids is 1. The van der Waals surface area contributed by atoms with Gasteiger partial charge in [0.25, 0.3) is 0 Å². The Labute approximate surface area is 127 Å². The van der Waals surface area contributed by atoms with Crippen molar-refractivity contribution in [1.82, 2.24) is 4.90 Å². The third-order valence-electron chi connectivity index (χ3n) is 4.44. The van der Waals surface area contributed by atoms with Gasteiger partial charge >= 0.3 is 0 Å². The van der Waals surface area contributed by atoms with Gasteiger partial charge in [0.05, 0.1) is 6.04 Å². The van der Waals surface area contributed by atoms with Gasteiger partial charge < -0.3 is 5.32 Å². The summed E-state index contributed by atoms with van der Waals surface area (Å²) in [5.74, 6) is 0.939. The van der Waals surface area contributed by atoms with Crippen LogP contribution in [-0.2, 0) is 4.79 Å². The van der Waals surface area contributed by atoms with Crippen molar-refractivity contribution in [3.63, 3.8) is 0 Å². The summed E-state index contributed by atoms with van der Waals surface area (Å²) >= 11 is 0. The zero-order chi connectivity index (χ0) is 13.4. The van der Waals surface area contributed by atoms with Crippen LogP contribution in [0.2, 0.25) is 0 Å². The monoisotopic (exact) mass is 294 g/mol. The maximum atomic E-state index is 12.4. The smallest absolute Gasteiger partial charge is 0.241 e. The molecule has 20 heavy (non-hydrogen) atoms. The molecule has 0 aliphatic carbocycles. The van der Waals surface area contributed by atoms with E-state index < -0.39 is 0 Å². The van der Waals surface area contributed by atoms with E-state index in [0.717, 1.165) is 31.1 Å². The van der Waals surface area contributed by atoms with Crippen LogP contribution in [0.5, 0.6) is 0 Å². The van der Waals surface area contributed by atoms with E-state index >= 15 is 0 Å². The SMILES string of the molecule is Cc1cc(C)cc(NC(=O)C2CC3CCN2CC3)c1.Cl. The summed E-state index contributed by atoms with van der Waals surface area (Å²) in [6.07, 6.45) is 3.58. The van der Waals surface area contributed by atoms with Crippen LogP contribution in [0.15, 0.2) is 18.2 Å². The van der Waals surface area contributed by atoms with E-state index in [4.69, 9.17) is 0 Å². The molecule has 1 N–H and O–H groups in total. The molecule has 3 fully saturated rings. The zero-order valence-electron chi connectivity index (χ0n) is 12.2. The Morgan fingerprint density at radius 3 is 2.25 bits per heavy atom. The average molecular weight is 295 g/mol. The van der Waals surface area contributed by atoms with E-state index in [-0.39, 0.29) is 24.4 Å². The fourth-order valence-corrected chi connectivity index (χ4v) is 3.51. The summed E-state index contributed by atoms with van der Waals surface area (Å²) in [6.45, 7) is 6.31. The summed E-state index contributed by atoms with van der Waals surface area (Å²) in [4.78, 5) is 14.8. The van der Waals surface area contributed by atoms with Crippen LogP contribution in [-0.4, -0.2) is 29.9 Å². The molecule has 1 atom stereocenters. The number of benzene rings is 1. The molecule has 0 aromatic heterocycles. The van der Waals surface area contributed by atoms with Gasteiger partial charge in [-0.3, -0.25) is 9.69 Å². The number of fused-ring (bicyclic) bond motifs is 3. The zero-order valence-corrected chi connectivity index (χ0v) is 13.0. The first-order valence-electron chi connectivity index (χ1n) is 7.25. The van der Waals surface area contributed by atoms with Gasteiger partial charge in [0, 0.05) is 5.69 Å². The second-order valence-electron chi connectivity index (χ2n) is 6.10. The van der Waals surface area contributed by atoms with Crippen molar-refractivity contribution in [2.45, 2.75) is 39.2 Å². The predicted molar refractivity (Wildman–Crippen MR) is 84.5 cm³/mol. The first-order valence-corrected chi connectivity index (χ1v) is 7.25. The van der Waals surface area contributed by atoms with Crippen molar-refractivity contribution in [3.05, 3.63) is 29.3 Å². The second-order valence-corrected chi connectivity index (χ2v) is 6.10. The Balaban J connectivity index is 0.00000147. The minimum atomic E-state index is 0. The minimum absolute atomic E-state index is 0. The number of nitrogens with zero attached hydrogens (tertiary/aromatic N) is 1. The molecule has 0 saturated carbocycles. The van der Waals surface area contributed by atoms with Gasteiger partial charge in [-0.15, -0.1) is 12.4 Å². The molecule has 1 amide bonds. The molecule has 3 aliphatic rings. The quantitative estimate of drug-likeness (QED) is 0.909. The number of halogens is 1. The molecule has 0 radical (unpaired) electrons. The standard InChI is InChI=1S/C16H22N2O.ClH/c1-11-7-12(2)9-14(8-11)17-16(19)15-10-13-3-5-18(15)6-4-13;/h7-9,13,15H,3-6,10H2,1-2H3,(H,17,19);1H. The van der Waals surface area contributed by atoms with E-state index in [1.165, 1.54) is 24.0 Å². The normalized spacial score (nSPS) is 27.8. The number of amides is 1. The molecule has 1 aromatic carbocycles. The van der Waals surface area contributed by atoms with E-state index in [9.17, 15) is 4.79 Å². The third-order valence-corrected chi connectivity index (χ3v) is 4.44. The maximum Gasteiger partial charge on any atom is 0.241 e. The Hall–Kier alpha value is -1.06. The summed E-state index contributed by atoms with van der Waals surface area (Å²) in [6, 6.07) is 6.30. The number of anilines is 1. The molecule has 3 nitrogen and oxygen atoms in total. The number of hydrogen-bond donors (Lipinski definition) is 1. The molecule has 110 valence electrons. The van der Waals surface area contributed by atoms with Gasteiger partial charge in [-0.1, -0.05) is 6.07 Å². The molecule has 4 heteroatoms. The molecule has 1 unspecified atom stereocenters. The first kappa shape index (κ1) is 15.3. The number of aryl methyl sites for hydroxylation is 2. The lowest BCUT2D eigenvalue weighted by Crippen LogP contribution is -2.53. The summed E-state index contributed by atoms with van der Waals surface area (Å²) in [5.41, 5.74) is 3.33. The van der Waals surface area contributed by atoms with Crippen molar-refractivity contribution < 1.29 is 4.79 Å². The Morgan fingerprint density at radius 1 is 1.15 bits per heavy atom. The number of carbonyl (C=O) groups is 1. The number of piperidine rings is 3. The van der Waals surface area contributed by atoms with E-state index in [0.29, 0.717) is 0 Å². The van der Waals surface area contributed by atoms with Gasteiger partial charge in [0.15, 0.2) is 0 Å². The topological polar surface area (TPSA) is 32.3 Å². The van der Waals surface area contributed by atoms with E-state index in [2.05, 4.69) is 30.1 Å². The van der Waals surface area contributed by atoms with Gasteiger partial charge in [-0.05, 0) is 75.4 Å². The molecular formula is C16H23ClN2O. The molecular weight excluding hydrogens is 272 g/mol. The molecule has 1 aromatic rings. The van der Waals surface area contributed by atoms with Crippen LogP contribution >= 0.6 is 12.4 Å². The highest BCUT2D eigenvalue weighted by Gasteiger charge is 2.37. The summed E-state index contributed by atoms with van der Waals surface area (Å²) in [5, 5.41) is 3.10. The average Bonchev–Trinajstić information content (AvgIpc) is 2.38. The van der Waals surface area contributed by atoms with Crippen LogP contribution in [0, 0.1) is 19.8 Å². The largest absolute Gasteiger partial charge is 0.325 e. The number of nitrogens with one attached hydrogen (secondary N) is 1. The van der Waals surface area contributed by atoms with Crippen LogP contribution < -0.4 is 5.32 Å². The fraction of sp³-hybridized carbons (Fsp3) is 0.562. The first-order chi connectivity index (χ1) is 9.11. The molecule has 2 bridgehead atoms. The van der Waals surface area contributed by atoms with Gasteiger partial charge in [0.1, 0.15) is 0 Å². The highest BCUT2D eigenvalue weighted by atomic mass is 35.5. The van der Waals surface area contributed by atoms with Crippen LogP contribution in [0.1, 0.15) is 30.4 Å². The van der Waals surface area contributed by atoms with Gasteiger partial charge in [-0.2, -0.15) is 0 Å². The molecule has 4 rings (SSSR count). The highest BCUT2D eigenvalue weighted by molar-refractivity contribution is 5.95. The molecule has 3 heterocycles. The van der Waals surface area contributed by atoms with Crippen LogP contribution in [0.3, 0.4) is 0 Å². The maximum absolute atomic E-state index is 12.4. The van der Waals surface area contributed by atoms with E-state index in [1.807, 2.05) is 12.1 Å². The Morgan fingerprint density at radius 2 is 1.75 bits per heavy atom. The predicted octanol–water partition coefficient (Wildman–Crippen LogP) is 3.15. The lowest BCUT2D eigenvalue weighted by Gasteiger charge is -2.44. The van der Waals surface area contributed by atoms with E-state index in [1.54, 1.807) is 0 Å². The lowest BCUT2D eigenvalue weighted by molar-refractivity contribution is -0.125. The van der Waals surface area contributed by atoms with Crippen molar-refractivity contribution in [1.29, 1.82) is 0 Å². The van der Waals surface area contributed by atoms with Crippen LogP contribution in [0.25, 0.3) is 0 Å². The Kier molecular flexibility index (Phi) is 4.71. The number of hydrogen-bond acceptors (Lipinski definition) is 2.